The normalized spacial score (nSPS) is 30.6. The molecular weight excluding hydrogens is 270 g/mol. The molecule has 2 fully saturated rings. The Morgan fingerprint density at radius 2 is 2.00 bits per heavy atom. The predicted octanol–water partition coefficient (Wildman–Crippen LogP) is -0.678. The summed E-state index contributed by atoms with van der Waals surface area (Å²) >= 11 is 0. The lowest BCUT2D eigenvalue weighted by Gasteiger charge is -2.30. The van der Waals surface area contributed by atoms with E-state index in [9.17, 15) is 13.2 Å². The Bertz CT molecular complexity index is 439. The van der Waals surface area contributed by atoms with Gasteiger partial charge in [0.1, 0.15) is 0 Å². The van der Waals surface area contributed by atoms with Gasteiger partial charge < -0.3 is 10.0 Å². The molecule has 0 aliphatic carbocycles. The summed E-state index contributed by atoms with van der Waals surface area (Å²) in [4.78, 5) is 13.0. The highest BCUT2D eigenvalue weighted by atomic mass is 32.2. The van der Waals surface area contributed by atoms with Crippen LogP contribution in [0.3, 0.4) is 0 Å². The van der Waals surface area contributed by atoms with E-state index in [-0.39, 0.29) is 12.6 Å². The van der Waals surface area contributed by atoms with Crippen LogP contribution in [0.5, 0.6) is 0 Å². The number of hydrogen-bond donors (Lipinski definition) is 2. The third kappa shape index (κ3) is 3.65. The van der Waals surface area contributed by atoms with Crippen molar-refractivity contribution in [2.24, 2.45) is 5.92 Å². The van der Waals surface area contributed by atoms with Gasteiger partial charge in [0.25, 0.3) is 10.2 Å². The number of carboxylic acids is 1. The smallest absolute Gasteiger partial charge is 0.307 e. The lowest BCUT2D eigenvalue weighted by Crippen LogP contribution is -2.50. The monoisotopic (exact) mass is 291 g/mol. The summed E-state index contributed by atoms with van der Waals surface area (Å²) < 4.78 is 28.4. The Kier molecular flexibility index (Phi) is 4.44. The number of carboxylic acid groups (broad SMARTS) is 1. The first-order valence-electron chi connectivity index (χ1n) is 6.57. The molecule has 0 aromatic rings. The highest BCUT2D eigenvalue weighted by Crippen LogP contribution is 2.19. The highest BCUT2D eigenvalue weighted by molar-refractivity contribution is 7.87. The lowest BCUT2D eigenvalue weighted by atomic mass is 10.0. The third-order valence-electron chi connectivity index (χ3n) is 3.78. The number of nitrogens with zero attached hydrogens (tertiary/aromatic N) is 2. The molecule has 2 aliphatic heterocycles. The van der Waals surface area contributed by atoms with Gasteiger partial charge in [-0.25, -0.2) is 0 Å². The molecule has 2 rings (SSSR count). The molecule has 2 unspecified atom stereocenters. The molecule has 7 nitrogen and oxygen atoms in total. The van der Waals surface area contributed by atoms with Crippen LogP contribution in [0.1, 0.15) is 19.3 Å². The first-order valence-corrected chi connectivity index (χ1v) is 8.01. The zero-order chi connectivity index (χ0) is 14.0. The van der Waals surface area contributed by atoms with Gasteiger partial charge >= 0.3 is 5.97 Å². The molecule has 19 heavy (non-hydrogen) atoms. The summed E-state index contributed by atoms with van der Waals surface area (Å²) in [5.74, 6) is -1.50. The molecule has 0 spiro atoms. The van der Waals surface area contributed by atoms with Gasteiger partial charge in [-0.05, 0) is 32.9 Å². The Hall–Kier alpha value is -0.700. The number of aliphatic carboxylic acids is 1. The van der Waals surface area contributed by atoms with Crippen LogP contribution in [-0.4, -0.2) is 68.0 Å². The lowest BCUT2D eigenvalue weighted by molar-refractivity contribution is -0.142. The summed E-state index contributed by atoms with van der Waals surface area (Å²) in [6.45, 7) is 2.06. The highest BCUT2D eigenvalue weighted by Gasteiger charge is 2.34. The van der Waals surface area contributed by atoms with Crippen molar-refractivity contribution in [3.05, 3.63) is 0 Å². The maximum absolute atomic E-state index is 12.2. The summed E-state index contributed by atoms with van der Waals surface area (Å²) in [5.41, 5.74) is 0. The molecule has 0 bridgehead atoms. The van der Waals surface area contributed by atoms with Crippen molar-refractivity contribution in [1.29, 1.82) is 0 Å². The van der Waals surface area contributed by atoms with Gasteiger partial charge in [0.05, 0.1) is 5.92 Å². The first-order chi connectivity index (χ1) is 8.88. The Balaban J connectivity index is 1.97. The third-order valence-corrected chi connectivity index (χ3v) is 5.42. The maximum Gasteiger partial charge on any atom is 0.307 e. The number of hydrogen-bond acceptors (Lipinski definition) is 4. The number of rotatable bonds is 4. The quantitative estimate of drug-likeness (QED) is 0.716. The zero-order valence-electron chi connectivity index (χ0n) is 11.1. The van der Waals surface area contributed by atoms with Crippen LogP contribution >= 0.6 is 0 Å². The zero-order valence-corrected chi connectivity index (χ0v) is 11.9. The van der Waals surface area contributed by atoms with Crippen LogP contribution in [0.4, 0.5) is 0 Å². The van der Waals surface area contributed by atoms with E-state index >= 15 is 0 Å². The van der Waals surface area contributed by atoms with Gasteiger partial charge in [-0.3, -0.25) is 4.79 Å². The molecule has 2 N–H and O–H groups in total. The molecule has 0 saturated carbocycles. The first kappa shape index (κ1) is 14.7. The second-order valence-electron chi connectivity index (χ2n) is 5.41. The van der Waals surface area contributed by atoms with Crippen molar-refractivity contribution in [3.8, 4) is 0 Å². The molecule has 0 aromatic heterocycles. The Labute approximate surface area is 113 Å². The average molecular weight is 291 g/mol. The topological polar surface area (TPSA) is 90.0 Å². The fraction of sp³-hybridized carbons (Fsp3) is 0.909. The van der Waals surface area contributed by atoms with Gasteiger partial charge in [0.15, 0.2) is 0 Å². The van der Waals surface area contributed by atoms with Crippen LogP contribution in [-0.2, 0) is 15.0 Å². The van der Waals surface area contributed by atoms with E-state index in [0.29, 0.717) is 25.9 Å². The number of carbonyl (C=O) groups is 1. The van der Waals surface area contributed by atoms with Gasteiger partial charge in [-0.1, -0.05) is 0 Å². The van der Waals surface area contributed by atoms with Gasteiger partial charge in [0, 0.05) is 25.7 Å². The van der Waals surface area contributed by atoms with E-state index in [4.69, 9.17) is 5.11 Å². The van der Waals surface area contributed by atoms with Crippen molar-refractivity contribution in [1.82, 2.24) is 13.9 Å². The Morgan fingerprint density at radius 3 is 2.58 bits per heavy atom. The average Bonchev–Trinajstić information content (AvgIpc) is 2.74. The van der Waals surface area contributed by atoms with Crippen LogP contribution in [0, 0.1) is 5.92 Å². The minimum absolute atomic E-state index is 0.0693. The molecule has 0 amide bonds. The summed E-state index contributed by atoms with van der Waals surface area (Å²) in [7, 11) is -1.61. The molecule has 110 valence electrons. The van der Waals surface area contributed by atoms with E-state index in [1.54, 1.807) is 0 Å². The van der Waals surface area contributed by atoms with Crippen molar-refractivity contribution in [3.63, 3.8) is 0 Å². The predicted molar refractivity (Wildman–Crippen MR) is 69.9 cm³/mol. The number of likely N-dealkylation sites (tertiary alicyclic amines) is 1. The van der Waals surface area contributed by atoms with Crippen LogP contribution < -0.4 is 4.72 Å². The van der Waals surface area contributed by atoms with Gasteiger partial charge in [-0.15, -0.1) is 0 Å². The van der Waals surface area contributed by atoms with Gasteiger partial charge in [0.2, 0.25) is 0 Å². The molecule has 2 atom stereocenters. The maximum atomic E-state index is 12.2. The fourth-order valence-corrected chi connectivity index (χ4v) is 4.19. The van der Waals surface area contributed by atoms with Crippen LogP contribution in [0.25, 0.3) is 0 Å². The molecule has 0 aromatic carbocycles. The number of piperidine rings is 1. The Morgan fingerprint density at radius 1 is 1.26 bits per heavy atom. The summed E-state index contributed by atoms with van der Waals surface area (Å²) in [5, 5.41) is 8.99. The molecular formula is C11H21N3O4S. The van der Waals surface area contributed by atoms with E-state index in [2.05, 4.69) is 9.62 Å². The van der Waals surface area contributed by atoms with Crippen molar-refractivity contribution in [2.45, 2.75) is 25.3 Å². The standard InChI is InChI=1S/C11H21N3O4S/c1-13-6-4-10(8-13)12-19(17,18)14-5-2-3-9(7-14)11(15)16/h9-10,12H,2-8H2,1H3,(H,15,16). The van der Waals surface area contributed by atoms with Crippen molar-refractivity contribution >= 4 is 16.2 Å². The van der Waals surface area contributed by atoms with E-state index < -0.39 is 22.1 Å². The molecule has 2 saturated heterocycles. The SMILES string of the molecule is CN1CCC(NS(=O)(=O)N2CCCC(C(=O)O)C2)C1. The summed E-state index contributed by atoms with van der Waals surface area (Å²) in [6, 6.07) is -0.0693. The van der Waals surface area contributed by atoms with Crippen molar-refractivity contribution < 1.29 is 18.3 Å². The molecule has 0 radical (unpaired) electrons. The second kappa shape index (κ2) is 5.74. The molecule has 2 aliphatic rings. The fourth-order valence-electron chi connectivity index (χ4n) is 2.68. The second-order valence-corrected chi connectivity index (χ2v) is 7.11. The van der Waals surface area contributed by atoms with Crippen LogP contribution in [0.15, 0.2) is 0 Å². The summed E-state index contributed by atoms with van der Waals surface area (Å²) in [6.07, 6.45) is 1.95. The largest absolute Gasteiger partial charge is 0.481 e. The van der Waals surface area contributed by atoms with E-state index in [0.717, 1.165) is 13.0 Å². The molecule has 2 heterocycles. The number of nitrogens with one attached hydrogen (secondary N) is 1. The number of likely N-dealkylation sites (N-methyl/N-ethyl adjacent to an activating group) is 1. The van der Waals surface area contributed by atoms with Gasteiger partial charge in [-0.2, -0.15) is 17.4 Å². The molecule has 8 heteroatoms. The van der Waals surface area contributed by atoms with Crippen LogP contribution in [0.2, 0.25) is 0 Å². The minimum Gasteiger partial charge on any atom is -0.481 e. The van der Waals surface area contributed by atoms with Crippen molar-refractivity contribution in [2.75, 3.05) is 33.2 Å². The van der Waals surface area contributed by atoms with E-state index in [1.165, 1.54) is 4.31 Å². The minimum atomic E-state index is -3.56. The van der Waals surface area contributed by atoms with E-state index in [1.807, 2.05) is 7.05 Å².